The molecule has 2 heteroatoms. The molecule has 0 aliphatic rings. The van der Waals surface area contributed by atoms with E-state index < -0.39 is 0 Å². The Balaban J connectivity index is 2.99. The molecule has 0 aliphatic carbocycles. The third kappa shape index (κ3) is 32.7. The van der Waals surface area contributed by atoms with Crippen LogP contribution in [-0.4, -0.2) is 11.5 Å². The Morgan fingerprint density at radius 1 is 0.235 bits per heavy atom. The lowest BCUT2D eigenvalue weighted by molar-refractivity contribution is 0.535. The van der Waals surface area contributed by atoms with Crippen LogP contribution in [0.15, 0.2) is 0 Å². The molecule has 0 N–H and O–H groups in total. The van der Waals surface area contributed by atoms with E-state index >= 15 is 0 Å². The molecule has 0 bridgehead atoms. The van der Waals surface area contributed by atoms with Crippen LogP contribution in [-0.2, 0) is 0 Å². The summed E-state index contributed by atoms with van der Waals surface area (Å²) in [5.41, 5.74) is 0. The van der Waals surface area contributed by atoms with E-state index in [2.05, 4.69) is 35.4 Å². The second kappa shape index (κ2) is 33.7. The van der Waals surface area contributed by atoms with Crippen molar-refractivity contribution in [1.29, 1.82) is 0 Å². The first-order valence-corrected chi connectivity index (χ1v) is 18.6. The van der Waals surface area contributed by atoms with Crippen LogP contribution in [0.5, 0.6) is 0 Å². The van der Waals surface area contributed by atoms with Gasteiger partial charge in [-0.05, 0) is 12.8 Å². The molecule has 206 valence electrons. The predicted molar refractivity (Wildman–Crippen MR) is 166 cm³/mol. The van der Waals surface area contributed by atoms with Crippen LogP contribution in [0, 0.1) is 0 Å². The minimum Gasteiger partial charge on any atom is -0.0942 e. The predicted octanol–water partition coefficient (Wildman–Crippen LogP) is 13.3. The SMILES string of the molecule is CCCCCCCCCCCCCCCCCSSCCCCCCCCCCCCCCC. The molecular weight excluding hydrogens is 448 g/mol. The van der Waals surface area contributed by atoms with Gasteiger partial charge in [-0.15, -0.1) is 0 Å². The highest BCUT2D eigenvalue weighted by Crippen LogP contribution is 2.25. The maximum Gasteiger partial charge on any atom is 0.00369 e. The molecule has 0 heterocycles. The molecule has 0 rings (SSSR count). The van der Waals surface area contributed by atoms with E-state index in [1.54, 1.807) is 0 Å². The van der Waals surface area contributed by atoms with Crippen LogP contribution in [0.2, 0.25) is 0 Å². The molecule has 0 aromatic heterocycles. The van der Waals surface area contributed by atoms with Crippen molar-refractivity contribution in [2.75, 3.05) is 11.5 Å². The maximum atomic E-state index is 2.31. The lowest BCUT2D eigenvalue weighted by atomic mass is 10.0. The first-order valence-electron chi connectivity index (χ1n) is 16.2. The minimum absolute atomic E-state index is 1.37. The summed E-state index contributed by atoms with van der Waals surface area (Å²) in [6.45, 7) is 4.61. The molecule has 0 spiro atoms. The molecule has 0 atom stereocenters. The molecule has 0 saturated carbocycles. The van der Waals surface area contributed by atoms with Gasteiger partial charge >= 0.3 is 0 Å². The third-order valence-corrected chi connectivity index (χ3v) is 9.82. The minimum atomic E-state index is 1.37. The zero-order chi connectivity index (χ0) is 24.6. The van der Waals surface area contributed by atoms with Crippen molar-refractivity contribution in [3.8, 4) is 0 Å². The third-order valence-electron chi connectivity index (χ3n) is 7.25. The van der Waals surface area contributed by atoms with E-state index in [1.807, 2.05) is 0 Å². The smallest absolute Gasteiger partial charge is 0.00369 e. The summed E-state index contributed by atoms with van der Waals surface area (Å²) in [5, 5.41) is 0. The second-order valence-electron chi connectivity index (χ2n) is 10.8. The Hall–Kier alpha value is 0.700. The van der Waals surface area contributed by atoms with Crippen LogP contribution in [0.25, 0.3) is 0 Å². The zero-order valence-electron chi connectivity index (χ0n) is 24.0. The van der Waals surface area contributed by atoms with Crippen molar-refractivity contribution in [3.63, 3.8) is 0 Å². The summed E-state index contributed by atoms with van der Waals surface area (Å²) < 4.78 is 0. The highest BCUT2D eigenvalue weighted by atomic mass is 33.1. The molecule has 0 fully saturated rings. The van der Waals surface area contributed by atoms with Crippen LogP contribution in [0.4, 0.5) is 0 Å². The van der Waals surface area contributed by atoms with Gasteiger partial charge in [-0.1, -0.05) is 202 Å². The van der Waals surface area contributed by atoms with Crippen LogP contribution >= 0.6 is 21.6 Å². The fraction of sp³-hybridized carbons (Fsp3) is 1.00. The van der Waals surface area contributed by atoms with E-state index in [9.17, 15) is 0 Å². The molecule has 0 radical (unpaired) electrons. The van der Waals surface area contributed by atoms with E-state index in [4.69, 9.17) is 0 Å². The van der Waals surface area contributed by atoms with Gasteiger partial charge in [-0.2, -0.15) is 0 Å². The quantitative estimate of drug-likeness (QED) is 0.0666. The van der Waals surface area contributed by atoms with Crippen molar-refractivity contribution >= 4 is 21.6 Å². The number of rotatable bonds is 31. The van der Waals surface area contributed by atoms with Gasteiger partial charge in [0.1, 0.15) is 0 Å². The molecule has 0 nitrogen and oxygen atoms in total. The molecule has 0 unspecified atom stereocenters. The summed E-state index contributed by atoms with van der Waals surface area (Å²) in [6.07, 6.45) is 41.0. The number of hydrogen-bond acceptors (Lipinski definition) is 2. The molecule has 0 aromatic carbocycles. The van der Waals surface area contributed by atoms with Crippen LogP contribution in [0.3, 0.4) is 0 Å². The van der Waals surface area contributed by atoms with Crippen molar-refractivity contribution in [2.24, 2.45) is 0 Å². The molecule has 0 saturated heterocycles. The summed E-state index contributed by atoms with van der Waals surface area (Å²) in [7, 11) is 4.28. The zero-order valence-corrected chi connectivity index (χ0v) is 25.7. The first kappa shape index (κ1) is 34.7. The van der Waals surface area contributed by atoms with Gasteiger partial charge in [0.05, 0.1) is 0 Å². The normalized spacial score (nSPS) is 11.5. The van der Waals surface area contributed by atoms with Crippen LogP contribution in [0.1, 0.15) is 194 Å². The van der Waals surface area contributed by atoms with Crippen LogP contribution < -0.4 is 0 Å². The van der Waals surface area contributed by atoms with Gasteiger partial charge < -0.3 is 0 Å². The summed E-state index contributed by atoms with van der Waals surface area (Å²) in [6, 6.07) is 0. The van der Waals surface area contributed by atoms with Gasteiger partial charge in [0.25, 0.3) is 0 Å². The fourth-order valence-corrected chi connectivity index (χ4v) is 7.12. The number of unbranched alkanes of at least 4 members (excludes halogenated alkanes) is 26. The van der Waals surface area contributed by atoms with E-state index in [0.29, 0.717) is 0 Å². The maximum absolute atomic E-state index is 2.31. The lowest BCUT2D eigenvalue weighted by Gasteiger charge is -2.04. The fourth-order valence-electron chi connectivity index (χ4n) is 4.83. The second-order valence-corrected chi connectivity index (χ2v) is 13.5. The largest absolute Gasteiger partial charge is 0.0942 e. The van der Waals surface area contributed by atoms with E-state index in [-0.39, 0.29) is 0 Å². The molecular formula is C32H66S2. The Bertz CT molecular complexity index is 299. The molecule has 0 amide bonds. The Morgan fingerprint density at radius 3 is 0.618 bits per heavy atom. The average molecular weight is 515 g/mol. The van der Waals surface area contributed by atoms with Gasteiger partial charge in [0.15, 0.2) is 0 Å². The highest BCUT2D eigenvalue weighted by Gasteiger charge is 1.97. The standard InChI is InChI=1S/C32H66S2/c1-3-5-7-9-11-13-15-17-18-20-22-24-26-28-30-32-34-33-31-29-27-25-23-21-19-16-14-12-10-8-6-4-2/h3-32H2,1-2H3. The van der Waals surface area contributed by atoms with Crippen molar-refractivity contribution in [2.45, 2.75) is 194 Å². The van der Waals surface area contributed by atoms with Crippen molar-refractivity contribution in [3.05, 3.63) is 0 Å². The molecule has 34 heavy (non-hydrogen) atoms. The topological polar surface area (TPSA) is 0 Å². The Kier molecular flexibility index (Phi) is 34.4. The molecule has 0 aromatic rings. The summed E-state index contributed by atoms with van der Waals surface area (Å²) in [5.74, 6) is 2.75. The molecule has 0 aliphatic heterocycles. The van der Waals surface area contributed by atoms with Crippen molar-refractivity contribution in [1.82, 2.24) is 0 Å². The Morgan fingerprint density at radius 2 is 0.412 bits per heavy atom. The van der Waals surface area contributed by atoms with Gasteiger partial charge in [-0.3, -0.25) is 0 Å². The van der Waals surface area contributed by atoms with E-state index in [0.717, 1.165) is 0 Å². The summed E-state index contributed by atoms with van der Waals surface area (Å²) in [4.78, 5) is 0. The lowest BCUT2D eigenvalue weighted by Crippen LogP contribution is -1.85. The highest BCUT2D eigenvalue weighted by molar-refractivity contribution is 8.76. The number of hydrogen-bond donors (Lipinski definition) is 0. The van der Waals surface area contributed by atoms with Gasteiger partial charge in [0.2, 0.25) is 0 Å². The summed E-state index contributed by atoms with van der Waals surface area (Å²) >= 11 is 0. The Labute approximate surface area is 226 Å². The average Bonchev–Trinajstić information content (AvgIpc) is 2.85. The van der Waals surface area contributed by atoms with Crippen molar-refractivity contribution < 1.29 is 0 Å². The first-order chi connectivity index (χ1) is 16.9. The van der Waals surface area contributed by atoms with Gasteiger partial charge in [-0.25, -0.2) is 0 Å². The monoisotopic (exact) mass is 514 g/mol. The van der Waals surface area contributed by atoms with Gasteiger partial charge in [0, 0.05) is 11.5 Å². The van der Waals surface area contributed by atoms with E-state index in [1.165, 1.54) is 191 Å².